The molecule has 6 atom stereocenters. The lowest BCUT2D eigenvalue weighted by molar-refractivity contribution is -0.136. The van der Waals surface area contributed by atoms with E-state index in [0.29, 0.717) is 48.0 Å². The Morgan fingerprint density at radius 1 is 0.622 bits per heavy atom. The first kappa shape index (κ1) is 24.7. The molecule has 2 aromatic carbocycles. The average Bonchev–Trinajstić information content (AvgIpc) is 3.67. The second-order valence-corrected chi connectivity index (χ2v) is 13.6. The molecule has 0 saturated heterocycles. The zero-order valence-corrected chi connectivity index (χ0v) is 21.8. The van der Waals surface area contributed by atoms with Crippen molar-refractivity contribution >= 4 is 21.8 Å². The summed E-state index contributed by atoms with van der Waals surface area (Å²) < 4.78 is 37.2. The predicted octanol–water partition coefficient (Wildman–Crippen LogP) is 5.98. The van der Waals surface area contributed by atoms with Crippen molar-refractivity contribution in [2.45, 2.75) is 74.0 Å². The Morgan fingerprint density at radius 3 is 1.35 bits per heavy atom. The van der Waals surface area contributed by atoms with E-state index in [9.17, 15) is 18.0 Å². The highest BCUT2D eigenvalue weighted by Crippen LogP contribution is 2.50. The van der Waals surface area contributed by atoms with E-state index < -0.39 is 9.84 Å². The number of carbonyl (C=O) groups is 2. The van der Waals surface area contributed by atoms with Crippen LogP contribution in [-0.2, 0) is 19.4 Å². The van der Waals surface area contributed by atoms with Gasteiger partial charge < -0.3 is 9.47 Å². The smallest absolute Gasteiger partial charge is 0.311 e. The molecule has 0 unspecified atom stereocenters. The van der Waals surface area contributed by atoms with Crippen molar-refractivity contribution in [1.82, 2.24) is 0 Å². The molecule has 4 aliphatic rings. The predicted molar refractivity (Wildman–Crippen MR) is 137 cm³/mol. The Morgan fingerprint density at radius 2 is 1.03 bits per heavy atom. The van der Waals surface area contributed by atoms with E-state index in [0.717, 1.165) is 24.7 Å². The van der Waals surface area contributed by atoms with Crippen LogP contribution in [0.4, 0.5) is 0 Å². The Balaban J connectivity index is 1.03. The number of sulfone groups is 1. The van der Waals surface area contributed by atoms with Crippen LogP contribution in [0.3, 0.4) is 0 Å². The molecule has 2 aromatic rings. The second-order valence-electron chi connectivity index (χ2n) is 11.7. The highest BCUT2D eigenvalue weighted by atomic mass is 32.2. The SMILES string of the molecule is O=C(C[C@@H]1C[C@@H]2CC[C@@H]1C2)Oc1ccc(S(=O)(=O)c2ccc(OC(=O)C[C@H]3C[C@@H]4CC[C@@H]3C4)cc2)cc1. The van der Waals surface area contributed by atoms with Crippen LogP contribution in [0.25, 0.3) is 0 Å². The summed E-state index contributed by atoms with van der Waals surface area (Å²) >= 11 is 0. The third-order valence-electron chi connectivity index (χ3n) is 9.36. The van der Waals surface area contributed by atoms with Crippen LogP contribution in [0.5, 0.6) is 11.5 Å². The van der Waals surface area contributed by atoms with Crippen LogP contribution in [-0.4, -0.2) is 20.4 Å². The van der Waals surface area contributed by atoms with E-state index in [1.807, 2.05) is 0 Å². The molecule has 4 bridgehead atoms. The van der Waals surface area contributed by atoms with Crippen LogP contribution >= 0.6 is 0 Å². The Bertz CT molecular complexity index is 1170. The van der Waals surface area contributed by atoms with Crippen molar-refractivity contribution in [3.63, 3.8) is 0 Å². The number of esters is 2. The monoisotopic (exact) mass is 522 g/mol. The van der Waals surface area contributed by atoms with Gasteiger partial charge in [0.25, 0.3) is 0 Å². The highest BCUT2D eigenvalue weighted by Gasteiger charge is 2.41. The van der Waals surface area contributed by atoms with Crippen LogP contribution in [0.1, 0.15) is 64.2 Å². The molecule has 37 heavy (non-hydrogen) atoms. The van der Waals surface area contributed by atoms with Crippen LogP contribution in [0.15, 0.2) is 58.3 Å². The molecule has 4 saturated carbocycles. The van der Waals surface area contributed by atoms with E-state index in [4.69, 9.17) is 9.47 Å². The van der Waals surface area contributed by atoms with Gasteiger partial charge in [-0.15, -0.1) is 0 Å². The zero-order valence-electron chi connectivity index (χ0n) is 21.0. The van der Waals surface area contributed by atoms with Gasteiger partial charge in [-0.05, 0) is 123 Å². The van der Waals surface area contributed by atoms with Gasteiger partial charge in [0.1, 0.15) is 11.5 Å². The lowest BCUT2D eigenvalue weighted by Crippen LogP contribution is -2.18. The first-order valence-electron chi connectivity index (χ1n) is 13.7. The van der Waals surface area contributed by atoms with Gasteiger partial charge in [0.15, 0.2) is 0 Å². The molecule has 0 N–H and O–H groups in total. The lowest BCUT2D eigenvalue weighted by atomic mass is 9.86. The Hall–Kier alpha value is -2.67. The molecule has 0 radical (unpaired) electrons. The Labute approximate surface area is 218 Å². The maximum absolute atomic E-state index is 13.1. The van der Waals surface area contributed by atoms with E-state index in [2.05, 4.69) is 0 Å². The van der Waals surface area contributed by atoms with Gasteiger partial charge in [-0.3, -0.25) is 9.59 Å². The minimum Gasteiger partial charge on any atom is -0.427 e. The van der Waals surface area contributed by atoms with E-state index in [1.54, 1.807) is 0 Å². The summed E-state index contributed by atoms with van der Waals surface area (Å²) in [6.45, 7) is 0. The van der Waals surface area contributed by atoms with Crippen molar-refractivity contribution in [3.05, 3.63) is 48.5 Å². The van der Waals surface area contributed by atoms with Crippen molar-refractivity contribution in [2.24, 2.45) is 35.5 Å². The fraction of sp³-hybridized carbons (Fsp3) is 0.533. The number of hydrogen-bond acceptors (Lipinski definition) is 6. The molecular weight excluding hydrogens is 488 g/mol. The molecule has 196 valence electrons. The average molecular weight is 523 g/mol. The van der Waals surface area contributed by atoms with Crippen molar-refractivity contribution in [2.75, 3.05) is 0 Å². The van der Waals surface area contributed by atoms with E-state index in [-0.39, 0.29) is 21.7 Å². The molecule has 4 fully saturated rings. The number of benzene rings is 2. The third-order valence-corrected chi connectivity index (χ3v) is 11.1. The molecule has 0 spiro atoms. The number of hydrogen-bond donors (Lipinski definition) is 0. The Kier molecular flexibility index (Phi) is 6.59. The maximum atomic E-state index is 13.1. The quantitative estimate of drug-likeness (QED) is 0.313. The lowest BCUT2D eigenvalue weighted by Gasteiger charge is -2.20. The number of carbonyl (C=O) groups excluding carboxylic acids is 2. The molecule has 4 aliphatic carbocycles. The normalized spacial score (nSPS) is 29.9. The first-order valence-corrected chi connectivity index (χ1v) is 15.2. The minimum atomic E-state index is -3.76. The summed E-state index contributed by atoms with van der Waals surface area (Å²) in [4.78, 5) is 25.0. The van der Waals surface area contributed by atoms with Gasteiger partial charge in [-0.25, -0.2) is 8.42 Å². The summed E-state index contributed by atoms with van der Waals surface area (Å²) in [6, 6.07) is 11.9. The van der Waals surface area contributed by atoms with Gasteiger partial charge >= 0.3 is 11.9 Å². The van der Waals surface area contributed by atoms with Crippen LogP contribution in [0.2, 0.25) is 0 Å². The molecule has 0 aliphatic heterocycles. The highest BCUT2D eigenvalue weighted by molar-refractivity contribution is 7.91. The number of fused-ring (bicyclic) bond motifs is 4. The first-order chi connectivity index (χ1) is 17.8. The van der Waals surface area contributed by atoms with Gasteiger partial charge in [0, 0.05) is 12.8 Å². The van der Waals surface area contributed by atoms with Crippen LogP contribution in [0, 0.1) is 35.5 Å². The second kappa shape index (κ2) is 9.90. The largest absolute Gasteiger partial charge is 0.427 e. The summed E-state index contributed by atoms with van der Waals surface area (Å²) in [7, 11) is -3.76. The third kappa shape index (κ3) is 5.20. The fourth-order valence-electron chi connectivity index (χ4n) is 7.54. The van der Waals surface area contributed by atoms with Gasteiger partial charge in [-0.1, -0.05) is 12.8 Å². The van der Waals surface area contributed by atoms with Gasteiger partial charge in [0.05, 0.1) is 9.79 Å². The van der Waals surface area contributed by atoms with Crippen molar-refractivity contribution in [3.8, 4) is 11.5 Å². The van der Waals surface area contributed by atoms with Gasteiger partial charge in [-0.2, -0.15) is 0 Å². The molecule has 0 amide bonds. The summed E-state index contributed by atoms with van der Waals surface area (Å²) in [5.41, 5.74) is 0. The van der Waals surface area contributed by atoms with Crippen molar-refractivity contribution in [1.29, 1.82) is 0 Å². The summed E-state index contributed by atoms with van der Waals surface area (Å²) in [5, 5.41) is 0. The van der Waals surface area contributed by atoms with E-state index in [1.165, 1.54) is 87.1 Å². The number of rotatable bonds is 8. The molecular formula is C30H34O6S. The summed E-state index contributed by atoms with van der Waals surface area (Å²) in [5.74, 6) is 3.91. The molecule has 0 heterocycles. The maximum Gasteiger partial charge on any atom is 0.311 e. The fourth-order valence-corrected chi connectivity index (χ4v) is 8.80. The van der Waals surface area contributed by atoms with Gasteiger partial charge in [0.2, 0.25) is 9.84 Å². The minimum absolute atomic E-state index is 0.112. The summed E-state index contributed by atoms with van der Waals surface area (Å²) in [6.07, 6.45) is 10.6. The zero-order chi connectivity index (χ0) is 25.6. The van der Waals surface area contributed by atoms with E-state index >= 15 is 0 Å². The molecule has 7 heteroatoms. The standard InChI is InChI=1S/C30H34O6S/c31-29(17-23-15-19-1-3-21(23)13-19)35-25-5-9-27(10-6-25)37(33,34)28-11-7-26(8-12-28)36-30(32)18-24-16-20-2-4-22(24)14-20/h5-12,19-24H,1-4,13-18H2/t19-,20-,21-,22-,23-,24+/m1/s1. The van der Waals surface area contributed by atoms with Crippen LogP contribution < -0.4 is 9.47 Å². The molecule has 0 aromatic heterocycles. The topological polar surface area (TPSA) is 86.7 Å². The van der Waals surface area contributed by atoms with Crippen molar-refractivity contribution < 1.29 is 27.5 Å². The molecule has 6 rings (SSSR count). The molecule has 6 nitrogen and oxygen atoms in total. The number of ether oxygens (including phenoxy) is 2.